The van der Waals surface area contributed by atoms with E-state index in [4.69, 9.17) is 0 Å². The summed E-state index contributed by atoms with van der Waals surface area (Å²) in [6.45, 7) is 3.93. The Labute approximate surface area is 129 Å². The fourth-order valence-electron chi connectivity index (χ4n) is 2.56. The van der Waals surface area contributed by atoms with Crippen LogP contribution >= 0.6 is 0 Å². The summed E-state index contributed by atoms with van der Waals surface area (Å²) in [6, 6.07) is 4.02. The number of nitrogens with zero attached hydrogens (tertiary/aromatic N) is 1. The normalized spacial score (nSPS) is 14.7. The van der Waals surface area contributed by atoms with Crippen molar-refractivity contribution in [1.82, 2.24) is 15.3 Å². The Morgan fingerprint density at radius 1 is 1.27 bits per heavy atom. The second kappa shape index (κ2) is 6.05. The molecule has 0 fully saturated rings. The Balaban J connectivity index is 1.87. The van der Waals surface area contributed by atoms with Gasteiger partial charge in [0.2, 0.25) is 0 Å². The van der Waals surface area contributed by atoms with Gasteiger partial charge in [-0.15, -0.1) is 0 Å². The van der Waals surface area contributed by atoms with Crippen molar-refractivity contribution >= 4 is 22.6 Å². The number of rotatable bonds is 4. The molecule has 1 amide bonds. The van der Waals surface area contributed by atoms with Crippen LogP contribution in [0.1, 0.15) is 26.7 Å². The van der Waals surface area contributed by atoms with Gasteiger partial charge in [0.15, 0.2) is 0 Å². The van der Waals surface area contributed by atoms with Crippen LogP contribution in [0.25, 0.3) is 11.0 Å². The summed E-state index contributed by atoms with van der Waals surface area (Å²) in [7, 11) is 0. The molecule has 0 radical (unpaired) electrons. The Hall–Kier alpha value is -2.56. The van der Waals surface area contributed by atoms with Crippen molar-refractivity contribution < 1.29 is 4.79 Å². The summed E-state index contributed by atoms with van der Waals surface area (Å²) in [4.78, 5) is 19.7. The molecule has 1 aliphatic carbocycles. The van der Waals surface area contributed by atoms with E-state index in [1.54, 1.807) is 6.20 Å². The Bertz CT molecular complexity index is 755. The molecule has 0 saturated carbocycles. The summed E-state index contributed by atoms with van der Waals surface area (Å²) < 4.78 is 0. The Kier molecular flexibility index (Phi) is 3.96. The maximum Gasteiger partial charge on any atom is 0.253 e. The highest BCUT2D eigenvalue weighted by Gasteiger charge is 2.18. The number of nitrogens with one attached hydrogen (secondary N) is 3. The molecule has 2 aromatic rings. The van der Waals surface area contributed by atoms with Crippen LogP contribution < -0.4 is 10.6 Å². The lowest BCUT2D eigenvalue weighted by molar-refractivity contribution is -0.117. The van der Waals surface area contributed by atoms with Gasteiger partial charge in [-0.3, -0.25) is 4.79 Å². The molecule has 3 N–H and O–H groups in total. The largest absolute Gasteiger partial charge is 0.354 e. The number of aromatic nitrogens is 2. The summed E-state index contributed by atoms with van der Waals surface area (Å²) >= 11 is 0. The molecule has 0 aromatic carbocycles. The van der Waals surface area contributed by atoms with Crippen molar-refractivity contribution in [3.05, 3.63) is 47.9 Å². The lowest BCUT2D eigenvalue weighted by Gasteiger charge is -2.19. The molecule has 0 bridgehead atoms. The molecule has 3 rings (SSSR count). The van der Waals surface area contributed by atoms with Gasteiger partial charge in [0.1, 0.15) is 5.65 Å². The minimum Gasteiger partial charge on any atom is -0.354 e. The molecule has 0 atom stereocenters. The van der Waals surface area contributed by atoms with Crippen LogP contribution in [0.2, 0.25) is 0 Å². The number of amides is 1. The molecule has 114 valence electrons. The van der Waals surface area contributed by atoms with Crippen molar-refractivity contribution in [1.29, 1.82) is 0 Å². The number of anilines is 1. The van der Waals surface area contributed by atoms with E-state index in [1.165, 1.54) is 0 Å². The van der Waals surface area contributed by atoms with E-state index in [-0.39, 0.29) is 11.9 Å². The van der Waals surface area contributed by atoms with Crippen LogP contribution in [-0.2, 0) is 4.79 Å². The monoisotopic (exact) mass is 296 g/mol. The molecule has 1 aliphatic rings. The van der Waals surface area contributed by atoms with Gasteiger partial charge in [0, 0.05) is 29.5 Å². The quantitative estimate of drug-likeness (QED) is 0.812. The minimum absolute atomic E-state index is 0.0344. The molecule has 0 aliphatic heterocycles. The van der Waals surface area contributed by atoms with Crippen molar-refractivity contribution in [3.63, 3.8) is 0 Å². The average molecular weight is 296 g/mol. The first-order chi connectivity index (χ1) is 10.6. The number of H-pyrrole nitrogens is 1. The maximum atomic E-state index is 12.3. The van der Waals surface area contributed by atoms with Gasteiger partial charge in [-0.2, -0.15) is 0 Å². The molecule has 2 heterocycles. The molecule has 5 heteroatoms. The smallest absolute Gasteiger partial charge is 0.253 e. The summed E-state index contributed by atoms with van der Waals surface area (Å²) in [5, 5.41) is 7.35. The van der Waals surface area contributed by atoms with E-state index in [2.05, 4.69) is 26.7 Å². The van der Waals surface area contributed by atoms with Crippen LogP contribution in [0.15, 0.2) is 47.9 Å². The maximum absolute atomic E-state index is 12.3. The summed E-state index contributed by atoms with van der Waals surface area (Å²) in [6.07, 6.45) is 9.51. The molecular weight excluding hydrogens is 276 g/mol. The highest BCUT2D eigenvalue weighted by atomic mass is 16.1. The van der Waals surface area contributed by atoms with Crippen molar-refractivity contribution in [2.75, 3.05) is 5.32 Å². The zero-order valence-corrected chi connectivity index (χ0v) is 12.8. The Morgan fingerprint density at radius 3 is 2.91 bits per heavy atom. The van der Waals surface area contributed by atoms with Crippen LogP contribution in [0.4, 0.5) is 5.69 Å². The highest BCUT2D eigenvalue weighted by molar-refractivity contribution is 6.00. The van der Waals surface area contributed by atoms with E-state index >= 15 is 0 Å². The van der Waals surface area contributed by atoms with Gasteiger partial charge in [0.25, 0.3) is 5.91 Å². The average Bonchev–Trinajstić information content (AvgIpc) is 2.96. The highest BCUT2D eigenvalue weighted by Crippen LogP contribution is 2.26. The van der Waals surface area contributed by atoms with Crippen LogP contribution in [-0.4, -0.2) is 21.9 Å². The molecule has 0 unspecified atom stereocenters. The fraction of sp³-hybridized carbons (Fsp3) is 0.294. The Morgan fingerprint density at radius 2 is 2.09 bits per heavy atom. The lowest BCUT2D eigenvalue weighted by Crippen LogP contribution is -2.33. The number of aromatic amines is 1. The zero-order valence-electron chi connectivity index (χ0n) is 12.8. The first-order valence-corrected chi connectivity index (χ1v) is 7.56. The number of allylic oxidation sites excluding steroid dienone is 2. The lowest BCUT2D eigenvalue weighted by atomic mass is 10.0. The molecule has 5 nitrogen and oxygen atoms in total. The van der Waals surface area contributed by atoms with Crippen LogP contribution in [0.3, 0.4) is 0 Å². The molecule has 0 spiro atoms. The standard InChI is InChI=1S/C17H20N4O/c1-11(2)20-17(22)13-5-3-4-6-14(13)21-15-8-10-19-16-12(15)7-9-18-16/h5-11H,3-4H2,1-2H3,(H,20,22)(H2,18,19,21). The predicted octanol–water partition coefficient (Wildman–Crippen LogP) is 3.10. The summed E-state index contributed by atoms with van der Waals surface area (Å²) in [5.74, 6) is -0.0344. The number of pyridine rings is 1. The second-order valence-corrected chi connectivity index (χ2v) is 5.66. The van der Waals surface area contributed by atoms with Gasteiger partial charge in [-0.1, -0.05) is 12.2 Å². The molecular formula is C17H20N4O. The zero-order chi connectivity index (χ0) is 15.5. The topological polar surface area (TPSA) is 69.8 Å². The number of hydrogen-bond donors (Lipinski definition) is 3. The molecule has 0 saturated heterocycles. The fourth-order valence-corrected chi connectivity index (χ4v) is 2.56. The number of fused-ring (bicyclic) bond motifs is 1. The number of hydrogen-bond acceptors (Lipinski definition) is 3. The van der Waals surface area contributed by atoms with Crippen LogP contribution in [0, 0.1) is 0 Å². The predicted molar refractivity (Wildman–Crippen MR) is 88.4 cm³/mol. The number of carbonyl (C=O) groups is 1. The van der Waals surface area contributed by atoms with Gasteiger partial charge in [0.05, 0.1) is 11.3 Å². The first-order valence-electron chi connectivity index (χ1n) is 7.56. The second-order valence-electron chi connectivity index (χ2n) is 5.66. The molecule has 22 heavy (non-hydrogen) atoms. The third kappa shape index (κ3) is 2.88. The van der Waals surface area contributed by atoms with Gasteiger partial charge in [-0.05, 0) is 38.8 Å². The van der Waals surface area contributed by atoms with E-state index in [1.807, 2.05) is 38.3 Å². The van der Waals surface area contributed by atoms with E-state index < -0.39 is 0 Å². The first kappa shape index (κ1) is 14.4. The van der Waals surface area contributed by atoms with Gasteiger partial charge in [-0.25, -0.2) is 4.98 Å². The number of carbonyl (C=O) groups excluding carboxylic acids is 1. The third-order valence-corrected chi connectivity index (χ3v) is 3.55. The summed E-state index contributed by atoms with van der Waals surface area (Å²) in [5.41, 5.74) is 3.35. The van der Waals surface area contributed by atoms with Crippen molar-refractivity contribution in [3.8, 4) is 0 Å². The van der Waals surface area contributed by atoms with E-state index in [0.717, 1.165) is 35.3 Å². The minimum atomic E-state index is -0.0344. The SMILES string of the molecule is CC(C)NC(=O)C1=CCCC=C1Nc1ccnc2[nH]ccc12. The van der Waals surface area contributed by atoms with Crippen molar-refractivity contribution in [2.24, 2.45) is 0 Å². The van der Waals surface area contributed by atoms with Gasteiger partial charge >= 0.3 is 0 Å². The van der Waals surface area contributed by atoms with E-state index in [0.29, 0.717) is 5.57 Å². The van der Waals surface area contributed by atoms with E-state index in [9.17, 15) is 4.79 Å². The van der Waals surface area contributed by atoms with Crippen LogP contribution in [0.5, 0.6) is 0 Å². The van der Waals surface area contributed by atoms with Gasteiger partial charge < -0.3 is 15.6 Å². The molecule has 2 aromatic heterocycles. The van der Waals surface area contributed by atoms with Crippen molar-refractivity contribution in [2.45, 2.75) is 32.7 Å². The third-order valence-electron chi connectivity index (χ3n) is 3.55.